The van der Waals surface area contributed by atoms with E-state index < -0.39 is 0 Å². The number of benzene rings is 1. The van der Waals surface area contributed by atoms with Crippen molar-refractivity contribution in [2.75, 3.05) is 20.1 Å². The summed E-state index contributed by atoms with van der Waals surface area (Å²) in [7, 11) is 1.87. The molecule has 1 N–H and O–H groups in total. The molecule has 1 aliphatic carbocycles. The number of nitrogens with zero attached hydrogens (tertiary/aromatic N) is 1. The molecular weight excluding hydrogens is 356 g/mol. The maximum Gasteiger partial charge on any atom is 0.251 e. The molecule has 0 atom stereocenters. The molecule has 1 fully saturated rings. The third-order valence-electron chi connectivity index (χ3n) is 4.41. The van der Waals surface area contributed by atoms with Gasteiger partial charge < -0.3 is 10.2 Å². The van der Waals surface area contributed by atoms with Crippen LogP contribution in [0.1, 0.15) is 48.9 Å². The normalized spacial score (nSPS) is 15.2. The second-order valence-corrected chi connectivity index (χ2v) is 7.21. The molecule has 0 heterocycles. The van der Waals surface area contributed by atoms with Gasteiger partial charge in [0, 0.05) is 36.6 Å². The molecule has 0 aromatic heterocycles. The summed E-state index contributed by atoms with van der Waals surface area (Å²) in [4.78, 5) is 25.9. The van der Waals surface area contributed by atoms with Gasteiger partial charge in [-0.3, -0.25) is 9.59 Å². The predicted molar refractivity (Wildman–Crippen MR) is 95.3 cm³/mol. The van der Waals surface area contributed by atoms with Crippen molar-refractivity contribution in [2.45, 2.75) is 38.5 Å². The molecule has 2 rings (SSSR count). The molecule has 0 radical (unpaired) electrons. The van der Waals surface area contributed by atoms with E-state index in [-0.39, 0.29) is 11.8 Å². The zero-order valence-corrected chi connectivity index (χ0v) is 15.3. The van der Waals surface area contributed by atoms with E-state index >= 15 is 0 Å². The number of amides is 2. The first-order valence-electron chi connectivity index (χ1n) is 8.34. The molecule has 2 amide bonds. The lowest BCUT2D eigenvalue weighted by molar-refractivity contribution is -0.130. The topological polar surface area (TPSA) is 49.4 Å². The van der Waals surface area contributed by atoms with Gasteiger partial charge in [-0.25, -0.2) is 0 Å². The van der Waals surface area contributed by atoms with Crippen LogP contribution in [0.25, 0.3) is 0 Å². The summed E-state index contributed by atoms with van der Waals surface area (Å²) < 4.78 is 0.938. The van der Waals surface area contributed by atoms with E-state index in [4.69, 9.17) is 0 Å². The maximum absolute atomic E-state index is 12.1. The Kier molecular flexibility index (Phi) is 7.09. The van der Waals surface area contributed by atoms with Crippen molar-refractivity contribution in [1.82, 2.24) is 10.2 Å². The lowest BCUT2D eigenvalue weighted by atomic mass is 9.89. The Morgan fingerprint density at radius 2 is 1.83 bits per heavy atom. The smallest absolute Gasteiger partial charge is 0.251 e. The van der Waals surface area contributed by atoms with E-state index in [1.807, 2.05) is 24.1 Å². The predicted octanol–water partition coefficient (Wildman–Crippen LogP) is 3.61. The van der Waals surface area contributed by atoms with Crippen molar-refractivity contribution in [1.29, 1.82) is 0 Å². The van der Waals surface area contributed by atoms with Crippen molar-refractivity contribution in [3.63, 3.8) is 0 Å². The molecule has 1 aromatic rings. The second kappa shape index (κ2) is 9.06. The summed E-state index contributed by atoms with van der Waals surface area (Å²) in [6.07, 6.45) is 6.73. The van der Waals surface area contributed by atoms with Crippen LogP contribution in [-0.2, 0) is 4.79 Å². The number of carbonyl (C=O) groups is 2. The number of carbonyl (C=O) groups excluding carboxylic acids is 2. The highest BCUT2D eigenvalue weighted by Gasteiger charge is 2.18. The third-order valence-corrected chi connectivity index (χ3v) is 4.94. The van der Waals surface area contributed by atoms with Gasteiger partial charge in [0.2, 0.25) is 5.91 Å². The van der Waals surface area contributed by atoms with E-state index in [0.717, 1.165) is 11.0 Å². The highest BCUT2D eigenvalue weighted by Crippen LogP contribution is 2.24. The summed E-state index contributed by atoms with van der Waals surface area (Å²) in [5, 5.41) is 2.81. The van der Waals surface area contributed by atoms with Crippen LogP contribution in [0.4, 0.5) is 0 Å². The van der Waals surface area contributed by atoms with Crippen molar-refractivity contribution in [2.24, 2.45) is 5.92 Å². The zero-order chi connectivity index (χ0) is 16.7. The first kappa shape index (κ1) is 18.0. The SMILES string of the molecule is CN(CC1CCCCC1)C(=O)CCNC(=O)c1ccc(Br)cc1. The van der Waals surface area contributed by atoms with Gasteiger partial charge in [0.25, 0.3) is 5.91 Å². The van der Waals surface area contributed by atoms with E-state index in [2.05, 4.69) is 21.2 Å². The number of hydrogen-bond donors (Lipinski definition) is 1. The Bertz CT molecular complexity index is 524. The molecule has 0 bridgehead atoms. The minimum Gasteiger partial charge on any atom is -0.352 e. The monoisotopic (exact) mass is 380 g/mol. The second-order valence-electron chi connectivity index (χ2n) is 6.29. The first-order chi connectivity index (χ1) is 11.1. The van der Waals surface area contributed by atoms with Gasteiger partial charge in [0.15, 0.2) is 0 Å². The lowest BCUT2D eigenvalue weighted by Gasteiger charge is -2.27. The number of hydrogen-bond acceptors (Lipinski definition) is 2. The Hall–Kier alpha value is -1.36. The van der Waals surface area contributed by atoms with Crippen LogP contribution in [0.2, 0.25) is 0 Å². The van der Waals surface area contributed by atoms with Crippen LogP contribution >= 0.6 is 15.9 Å². The molecule has 1 saturated carbocycles. The quantitative estimate of drug-likeness (QED) is 0.819. The number of halogens is 1. The highest BCUT2D eigenvalue weighted by atomic mass is 79.9. The van der Waals surface area contributed by atoms with Gasteiger partial charge in [-0.15, -0.1) is 0 Å². The average molecular weight is 381 g/mol. The third kappa shape index (κ3) is 5.98. The number of nitrogens with one attached hydrogen (secondary N) is 1. The summed E-state index contributed by atoms with van der Waals surface area (Å²) in [5.74, 6) is 0.613. The molecule has 4 nitrogen and oxygen atoms in total. The summed E-state index contributed by atoms with van der Waals surface area (Å²) in [6, 6.07) is 7.18. The van der Waals surface area contributed by atoms with Crippen LogP contribution in [-0.4, -0.2) is 36.9 Å². The van der Waals surface area contributed by atoms with Crippen LogP contribution in [0.5, 0.6) is 0 Å². The lowest BCUT2D eigenvalue weighted by Crippen LogP contribution is -2.35. The molecule has 5 heteroatoms. The van der Waals surface area contributed by atoms with E-state index in [1.54, 1.807) is 12.1 Å². The van der Waals surface area contributed by atoms with Gasteiger partial charge in [0.05, 0.1) is 0 Å². The van der Waals surface area contributed by atoms with Crippen LogP contribution in [0.3, 0.4) is 0 Å². The largest absolute Gasteiger partial charge is 0.352 e. The molecule has 0 unspecified atom stereocenters. The fourth-order valence-electron chi connectivity index (χ4n) is 3.04. The summed E-state index contributed by atoms with van der Waals surface area (Å²) in [6.45, 7) is 1.22. The zero-order valence-electron chi connectivity index (χ0n) is 13.7. The molecule has 1 aliphatic rings. The molecule has 0 spiro atoms. The standard InChI is InChI=1S/C18H25BrN2O2/c1-21(13-14-5-3-2-4-6-14)17(22)11-12-20-18(23)15-7-9-16(19)10-8-15/h7-10,14H,2-6,11-13H2,1H3,(H,20,23). The van der Waals surface area contributed by atoms with E-state index in [0.29, 0.717) is 24.4 Å². The Labute approximate surface area is 146 Å². The minimum absolute atomic E-state index is 0.103. The maximum atomic E-state index is 12.1. The summed E-state index contributed by atoms with van der Waals surface area (Å²) >= 11 is 3.34. The highest BCUT2D eigenvalue weighted by molar-refractivity contribution is 9.10. The van der Waals surface area contributed by atoms with E-state index in [9.17, 15) is 9.59 Å². The van der Waals surface area contributed by atoms with Gasteiger partial charge in [0.1, 0.15) is 0 Å². The molecule has 23 heavy (non-hydrogen) atoms. The first-order valence-corrected chi connectivity index (χ1v) is 9.13. The van der Waals surface area contributed by atoms with Gasteiger partial charge in [-0.1, -0.05) is 35.2 Å². The average Bonchev–Trinajstić information content (AvgIpc) is 2.56. The van der Waals surface area contributed by atoms with Crippen molar-refractivity contribution in [3.8, 4) is 0 Å². The van der Waals surface area contributed by atoms with Crippen molar-refractivity contribution in [3.05, 3.63) is 34.3 Å². The molecule has 1 aromatic carbocycles. The fourth-order valence-corrected chi connectivity index (χ4v) is 3.30. The molecule has 0 saturated heterocycles. The van der Waals surface area contributed by atoms with Crippen LogP contribution in [0.15, 0.2) is 28.7 Å². The Morgan fingerprint density at radius 3 is 2.48 bits per heavy atom. The number of rotatable bonds is 6. The van der Waals surface area contributed by atoms with Gasteiger partial charge in [-0.2, -0.15) is 0 Å². The van der Waals surface area contributed by atoms with E-state index in [1.165, 1.54) is 32.1 Å². The molecular formula is C18H25BrN2O2. The van der Waals surface area contributed by atoms with Crippen molar-refractivity contribution < 1.29 is 9.59 Å². The van der Waals surface area contributed by atoms with Crippen LogP contribution < -0.4 is 5.32 Å². The fraction of sp³-hybridized carbons (Fsp3) is 0.556. The Morgan fingerprint density at radius 1 is 1.17 bits per heavy atom. The van der Waals surface area contributed by atoms with Crippen molar-refractivity contribution >= 4 is 27.7 Å². The van der Waals surface area contributed by atoms with Gasteiger partial charge >= 0.3 is 0 Å². The molecule has 0 aliphatic heterocycles. The summed E-state index contributed by atoms with van der Waals surface area (Å²) in [5.41, 5.74) is 0.608. The van der Waals surface area contributed by atoms with Crippen LogP contribution in [0, 0.1) is 5.92 Å². The Balaban J connectivity index is 1.69. The molecule has 126 valence electrons. The van der Waals surface area contributed by atoms with Gasteiger partial charge in [-0.05, 0) is 43.0 Å². The minimum atomic E-state index is -0.139.